The Kier molecular flexibility index (Phi) is 7.86. The van der Waals surface area contributed by atoms with Crippen molar-refractivity contribution in [3.8, 4) is 5.75 Å². The summed E-state index contributed by atoms with van der Waals surface area (Å²) in [6.07, 6.45) is 4.68. The zero-order valence-electron chi connectivity index (χ0n) is 16.4. The van der Waals surface area contributed by atoms with E-state index in [0.717, 1.165) is 16.6 Å². The van der Waals surface area contributed by atoms with Gasteiger partial charge in [-0.15, -0.1) is 0 Å². The van der Waals surface area contributed by atoms with E-state index in [-0.39, 0.29) is 11.5 Å². The molecule has 0 fully saturated rings. The van der Waals surface area contributed by atoms with E-state index in [2.05, 4.69) is 60.8 Å². The second kappa shape index (κ2) is 9.67. The van der Waals surface area contributed by atoms with Crippen LogP contribution >= 0.6 is 15.9 Å². The van der Waals surface area contributed by atoms with Crippen LogP contribution in [0, 0.1) is 11.3 Å². The van der Waals surface area contributed by atoms with Gasteiger partial charge >= 0.3 is 0 Å². The molecule has 0 saturated heterocycles. The van der Waals surface area contributed by atoms with Gasteiger partial charge in [-0.1, -0.05) is 42.8 Å². The van der Waals surface area contributed by atoms with Crippen LogP contribution in [0.15, 0.2) is 53.3 Å². The predicted octanol–water partition coefficient (Wildman–Crippen LogP) is 5.50. The van der Waals surface area contributed by atoms with Crippen LogP contribution in [-0.4, -0.2) is 26.7 Å². The van der Waals surface area contributed by atoms with Gasteiger partial charge in [-0.05, 0) is 60.8 Å². The molecule has 0 aliphatic carbocycles. The maximum Gasteiger partial charge on any atom is 0.171 e. The fourth-order valence-corrected chi connectivity index (χ4v) is 3.81. The van der Waals surface area contributed by atoms with Crippen molar-refractivity contribution in [1.82, 2.24) is 4.98 Å². The molecule has 0 spiro atoms. The van der Waals surface area contributed by atoms with Crippen LogP contribution in [0.1, 0.15) is 26.3 Å². The molecule has 0 aliphatic heterocycles. The molecule has 1 aromatic carbocycles. The zero-order valence-corrected chi connectivity index (χ0v) is 19.1. The molecule has 0 amide bonds. The van der Waals surface area contributed by atoms with Crippen molar-refractivity contribution >= 4 is 25.0 Å². The summed E-state index contributed by atoms with van der Waals surface area (Å²) in [6.45, 7) is 11.9. The van der Waals surface area contributed by atoms with Crippen molar-refractivity contribution in [2.24, 2.45) is 11.3 Å². The molecular weight excluding hydrogens is 406 g/mol. The third-order valence-corrected chi connectivity index (χ3v) is 5.82. The second-order valence-electron chi connectivity index (χ2n) is 8.03. The summed E-state index contributed by atoms with van der Waals surface area (Å²) >= 11 is 3.48. The molecule has 1 heterocycles. The summed E-state index contributed by atoms with van der Waals surface area (Å²) in [6, 6.07) is 12.2. The molecule has 0 N–H and O–H groups in total. The maximum absolute atomic E-state index is 6.44. The summed E-state index contributed by atoms with van der Waals surface area (Å²) in [7, 11) is -1.12. The maximum atomic E-state index is 6.44. The fourth-order valence-electron chi connectivity index (χ4n) is 2.98. The molecule has 3 nitrogen and oxygen atoms in total. The van der Waals surface area contributed by atoms with Crippen molar-refractivity contribution in [3.05, 3.63) is 58.8 Å². The Morgan fingerprint density at radius 3 is 2.35 bits per heavy atom. The molecule has 0 saturated carbocycles. The summed E-state index contributed by atoms with van der Waals surface area (Å²) in [5.41, 5.74) is 1.32. The number of aromatic nitrogens is 1. The predicted molar refractivity (Wildman–Crippen MR) is 114 cm³/mol. The number of pyridine rings is 1. The molecular formula is C21H30BrNO2Si. The molecule has 142 valence electrons. The largest absolute Gasteiger partial charge is 0.488 e. The number of ether oxygens (including phenoxy) is 1. The van der Waals surface area contributed by atoms with E-state index in [4.69, 9.17) is 9.16 Å². The summed E-state index contributed by atoms with van der Waals surface area (Å²) in [4.78, 5) is 4.28. The standard InChI is InChI=1S/C21H30BrNO2Si/c1-21(2,3)19(13-16-7-6-12-23-14-16)20(15-24-26(4)5)25-18-10-8-17(22)9-11-18/h6-12,14,19-20,26H,13,15H2,1-5H3/t19?,20-/m0/s1. The lowest BCUT2D eigenvalue weighted by atomic mass is 9.74. The van der Waals surface area contributed by atoms with Gasteiger partial charge in [0.1, 0.15) is 11.9 Å². The number of rotatable bonds is 8. The molecule has 1 aromatic heterocycles. The van der Waals surface area contributed by atoms with E-state index in [1.54, 1.807) is 0 Å². The average molecular weight is 436 g/mol. The lowest BCUT2D eigenvalue weighted by molar-refractivity contribution is 0.0265. The Morgan fingerprint density at radius 2 is 1.81 bits per heavy atom. The van der Waals surface area contributed by atoms with Crippen LogP contribution in [-0.2, 0) is 10.8 Å². The van der Waals surface area contributed by atoms with Crippen LogP contribution in [0.25, 0.3) is 0 Å². The van der Waals surface area contributed by atoms with Crippen LogP contribution in [0.4, 0.5) is 0 Å². The minimum Gasteiger partial charge on any atom is -0.488 e. The summed E-state index contributed by atoms with van der Waals surface area (Å²) in [5.74, 6) is 1.19. The SMILES string of the molecule is C[SiH](C)OC[C@H](Oc1ccc(Br)cc1)C(Cc1cccnc1)C(C)(C)C. The van der Waals surface area contributed by atoms with Gasteiger partial charge in [-0.25, -0.2) is 0 Å². The minimum atomic E-state index is -1.12. The highest BCUT2D eigenvalue weighted by molar-refractivity contribution is 9.10. The first-order valence-electron chi connectivity index (χ1n) is 9.18. The van der Waals surface area contributed by atoms with E-state index in [1.807, 2.05) is 42.7 Å². The average Bonchev–Trinajstić information content (AvgIpc) is 2.58. The lowest BCUT2D eigenvalue weighted by Crippen LogP contribution is -2.41. The first-order chi connectivity index (χ1) is 12.3. The topological polar surface area (TPSA) is 31.4 Å². The van der Waals surface area contributed by atoms with Gasteiger partial charge in [0.05, 0.1) is 6.61 Å². The van der Waals surface area contributed by atoms with E-state index >= 15 is 0 Å². The molecule has 2 aromatic rings. The Morgan fingerprint density at radius 1 is 1.12 bits per heavy atom. The summed E-state index contributed by atoms with van der Waals surface area (Å²) in [5, 5.41) is 0. The zero-order chi connectivity index (χ0) is 19.2. The first kappa shape index (κ1) is 21.1. The van der Waals surface area contributed by atoms with Gasteiger partial charge in [-0.2, -0.15) is 0 Å². The molecule has 0 radical (unpaired) electrons. The van der Waals surface area contributed by atoms with Crippen LogP contribution in [0.5, 0.6) is 5.75 Å². The van der Waals surface area contributed by atoms with E-state index in [0.29, 0.717) is 12.5 Å². The molecule has 5 heteroatoms. The van der Waals surface area contributed by atoms with Crippen LogP contribution in [0.2, 0.25) is 13.1 Å². The Balaban J connectivity index is 2.25. The Hall–Kier alpha value is -1.17. The van der Waals surface area contributed by atoms with E-state index < -0.39 is 9.04 Å². The van der Waals surface area contributed by atoms with Gasteiger partial charge in [0, 0.05) is 22.8 Å². The van der Waals surface area contributed by atoms with Crippen molar-refractivity contribution in [3.63, 3.8) is 0 Å². The van der Waals surface area contributed by atoms with Crippen molar-refractivity contribution in [1.29, 1.82) is 0 Å². The fraction of sp³-hybridized carbons (Fsp3) is 0.476. The van der Waals surface area contributed by atoms with Crippen LogP contribution < -0.4 is 4.74 Å². The number of halogens is 1. The Bertz CT molecular complexity index is 656. The number of nitrogens with zero attached hydrogens (tertiary/aromatic N) is 1. The van der Waals surface area contributed by atoms with Crippen molar-refractivity contribution < 1.29 is 9.16 Å². The van der Waals surface area contributed by atoms with Gasteiger partial charge in [0.2, 0.25) is 0 Å². The van der Waals surface area contributed by atoms with Crippen molar-refractivity contribution in [2.45, 2.75) is 46.4 Å². The normalized spacial score (nSPS) is 14.3. The van der Waals surface area contributed by atoms with E-state index in [9.17, 15) is 0 Å². The van der Waals surface area contributed by atoms with E-state index in [1.165, 1.54) is 5.56 Å². The van der Waals surface area contributed by atoms with Crippen LogP contribution in [0.3, 0.4) is 0 Å². The highest BCUT2D eigenvalue weighted by atomic mass is 79.9. The van der Waals surface area contributed by atoms with Gasteiger partial charge in [0.25, 0.3) is 0 Å². The second-order valence-corrected chi connectivity index (χ2v) is 11.4. The number of benzene rings is 1. The number of hydrogen-bond acceptors (Lipinski definition) is 3. The molecule has 1 unspecified atom stereocenters. The first-order valence-corrected chi connectivity index (χ1v) is 12.8. The van der Waals surface area contributed by atoms with Gasteiger partial charge in [0.15, 0.2) is 9.04 Å². The third kappa shape index (κ3) is 6.86. The highest BCUT2D eigenvalue weighted by Gasteiger charge is 2.34. The molecule has 26 heavy (non-hydrogen) atoms. The summed E-state index contributed by atoms with van der Waals surface area (Å²) < 4.78 is 13.6. The number of hydrogen-bond donors (Lipinski definition) is 0. The lowest BCUT2D eigenvalue weighted by Gasteiger charge is -2.37. The van der Waals surface area contributed by atoms with Gasteiger partial charge < -0.3 is 9.16 Å². The minimum absolute atomic E-state index is 0.00807. The molecule has 2 atom stereocenters. The molecule has 0 bridgehead atoms. The smallest absolute Gasteiger partial charge is 0.171 e. The van der Waals surface area contributed by atoms with Gasteiger partial charge in [-0.3, -0.25) is 4.98 Å². The van der Waals surface area contributed by atoms with Crippen molar-refractivity contribution in [2.75, 3.05) is 6.61 Å². The highest BCUT2D eigenvalue weighted by Crippen LogP contribution is 2.34. The monoisotopic (exact) mass is 435 g/mol. The quantitative estimate of drug-likeness (QED) is 0.513. The molecule has 2 rings (SSSR count). The Labute approximate surface area is 168 Å². The molecule has 0 aliphatic rings. The third-order valence-electron chi connectivity index (χ3n) is 4.43.